The van der Waals surface area contributed by atoms with E-state index >= 15 is 0 Å². The number of hydrogen-bond donors (Lipinski definition) is 1. The van der Waals surface area contributed by atoms with Crippen LogP contribution in [0.25, 0.3) is 0 Å². The molecule has 138 valence electrons. The second kappa shape index (κ2) is 11.2. The highest BCUT2D eigenvalue weighted by molar-refractivity contribution is 7.99. The van der Waals surface area contributed by atoms with Gasteiger partial charge in [0.05, 0.1) is 11.4 Å². The third kappa shape index (κ3) is 6.72. The molecule has 1 amide bonds. The average molecular weight is 384 g/mol. The van der Waals surface area contributed by atoms with Gasteiger partial charge in [-0.15, -0.1) is 24.2 Å². The van der Waals surface area contributed by atoms with Crippen molar-refractivity contribution in [3.8, 4) is 0 Å². The number of hydrogen-bond acceptors (Lipinski definition) is 5. The van der Waals surface area contributed by atoms with E-state index in [2.05, 4.69) is 17.3 Å². The zero-order valence-electron chi connectivity index (χ0n) is 14.7. The van der Waals surface area contributed by atoms with E-state index < -0.39 is 0 Å². The normalized spacial score (nSPS) is 10.4. The lowest BCUT2D eigenvalue weighted by atomic mass is 10.1. The molecule has 0 aliphatic carbocycles. The van der Waals surface area contributed by atoms with Crippen molar-refractivity contribution in [1.29, 1.82) is 0 Å². The largest absolute Gasteiger partial charge is 0.361 e. The van der Waals surface area contributed by atoms with Crippen LogP contribution >= 0.6 is 24.2 Å². The number of amides is 1. The SMILES string of the molecule is Cc1noc(C)c1CSCC(=O)N(CCN)CCc1ccccc1.Cl. The topological polar surface area (TPSA) is 72.4 Å². The van der Waals surface area contributed by atoms with E-state index in [0.29, 0.717) is 25.4 Å². The van der Waals surface area contributed by atoms with Crippen LogP contribution < -0.4 is 5.73 Å². The molecule has 0 spiro atoms. The van der Waals surface area contributed by atoms with Crippen molar-refractivity contribution in [3.05, 3.63) is 52.9 Å². The van der Waals surface area contributed by atoms with Crippen molar-refractivity contribution in [2.24, 2.45) is 5.73 Å². The van der Waals surface area contributed by atoms with Crippen LogP contribution in [-0.2, 0) is 17.0 Å². The molecular weight excluding hydrogens is 358 g/mol. The number of rotatable bonds is 9. The first-order valence-corrected chi connectivity index (χ1v) is 9.28. The van der Waals surface area contributed by atoms with Crippen LogP contribution in [0.2, 0.25) is 0 Å². The highest BCUT2D eigenvalue weighted by atomic mass is 35.5. The summed E-state index contributed by atoms with van der Waals surface area (Å²) in [5.74, 6) is 2.14. The number of benzene rings is 1. The summed E-state index contributed by atoms with van der Waals surface area (Å²) in [4.78, 5) is 14.3. The number of carbonyl (C=O) groups is 1. The van der Waals surface area contributed by atoms with E-state index in [1.165, 1.54) is 5.56 Å². The Labute approximate surface area is 159 Å². The monoisotopic (exact) mass is 383 g/mol. The fraction of sp³-hybridized carbons (Fsp3) is 0.444. The van der Waals surface area contributed by atoms with Crippen LogP contribution in [0.1, 0.15) is 22.6 Å². The second-order valence-electron chi connectivity index (χ2n) is 5.70. The Kier molecular flexibility index (Phi) is 9.63. The van der Waals surface area contributed by atoms with Crippen molar-refractivity contribution in [3.63, 3.8) is 0 Å². The molecule has 0 bridgehead atoms. The van der Waals surface area contributed by atoms with Gasteiger partial charge in [0.2, 0.25) is 5.91 Å². The van der Waals surface area contributed by atoms with E-state index in [1.807, 2.05) is 36.9 Å². The zero-order chi connectivity index (χ0) is 17.4. The second-order valence-corrected chi connectivity index (χ2v) is 6.69. The Hall–Kier alpha value is -1.50. The van der Waals surface area contributed by atoms with Crippen molar-refractivity contribution in [2.45, 2.75) is 26.0 Å². The van der Waals surface area contributed by atoms with Gasteiger partial charge in [0.1, 0.15) is 5.76 Å². The maximum Gasteiger partial charge on any atom is 0.232 e. The zero-order valence-corrected chi connectivity index (χ0v) is 16.4. The van der Waals surface area contributed by atoms with Crippen molar-refractivity contribution >= 4 is 30.1 Å². The van der Waals surface area contributed by atoms with Gasteiger partial charge < -0.3 is 15.2 Å². The molecule has 0 fully saturated rings. The standard InChI is InChI=1S/C18H25N3O2S.ClH/c1-14-17(15(2)23-20-14)12-24-13-18(22)21(11-9-19)10-8-16-6-4-3-5-7-16;/h3-7H,8-13,19H2,1-2H3;1H. The summed E-state index contributed by atoms with van der Waals surface area (Å²) in [6, 6.07) is 10.2. The van der Waals surface area contributed by atoms with E-state index in [4.69, 9.17) is 10.3 Å². The van der Waals surface area contributed by atoms with E-state index in [1.54, 1.807) is 11.8 Å². The molecular formula is C18H26ClN3O2S. The van der Waals surface area contributed by atoms with Crippen LogP contribution in [0.4, 0.5) is 0 Å². The lowest BCUT2D eigenvalue weighted by Gasteiger charge is -2.22. The molecule has 2 rings (SSSR count). The third-order valence-corrected chi connectivity index (χ3v) is 4.86. The molecule has 25 heavy (non-hydrogen) atoms. The van der Waals surface area contributed by atoms with Gasteiger partial charge >= 0.3 is 0 Å². The molecule has 7 heteroatoms. The molecule has 1 aromatic carbocycles. The minimum atomic E-state index is 0. The summed E-state index contributed by atoms with van der Waals surface area (Å²) in [5.41, 5.74) is 8.88. The van der Waals surface area contributed by atoms with Gasteiger partial charge in [0, 0.05) is 31.0 Å². The van der Waals surface area contributed by atoms with Crippen LogP contribution in [0.5, 0.6) is 0 Å². The molecule has 0 aliphatic heterocycles. The van der Waals surface area contributed by atoms with Crippen LogP contribution in [0, 0.1) is 13.8 Å². The van der Waals surface area contributed by atoms with E-state index in [9.17, 15) is 4.79 Å². The van der Waals surface area contributed by atoms with Gasteiger partial charge in [-0.2, -0.15) is 0 Å². The quantitative estimate of drug-likeness (QED) is 0.720. The number of nitrogens with zero attached hydrogens (tertiary/aromatic N) is 2. The van der Waals surface area contributed by atoms with Gasteiger partial charge in [0.15, 0.2) is 0 Å². The summed E-state index contributed by atoms with van der Waals surface area (Å²) in [7, 11) is 0. The smallest absolute Gasteiger partial charge is 0.232 e. The van der Waals surface area contributed by atoms with Gasteiger partial charge in [0.25, 0.3) is 0 Å². The Morgan fingerprint density at radius 2 is 1.96 bits per heavy atom. The number of thioether (sulfide) groups is 1. The highest BCUT2D eigenvalue weighted by Crippen LogP contribution is 2.19. The number of halogens is 1. The molecule has 0 atom stereocenters. The Balaban J connectivity index is 0.00000312. The lowest BCUT2D eigenvalue weighted by Crippen LogP contribution is -2.38. The fourth-order valence-corrected chi connectivity index (χ4v) is 3.54. The first kappa shape index (κ1) is 21.5. The predicted octanol–water partition coefficient (Wildman–Crippen LogP) is 2.98. The van der Waals surface area contributed by atoms with E-state index in [0.717, 1.165) is 29.2 Å². The van der Waals surface area contributed by atoms with Crippen LogP contribution in [0.15, 0.2) is 34.9 Å². The number of nitrogens with two attached hydrogens (primary N) is 1. The molecule has 1 aromatic heterocycles. The summed E-state index contributed by atoms with van der Waals surface area (Å²) < 4.78 is 5.15. The molecule has 2 aromatic rings. The minimum absolute atomic E-state index is 0. The molecule has 2 N–H and O–H groups in total. The van der Waals surface area contributed by atoms with Gasteiger partial charge in [-0.05, 0) is 25.8 Å². The Bertz CT molecular complexity index is 630. The van der Waals surface area contributed by atoms with Gasteiger partial charge in [-0.25, -0.2) is 0 Å². The minimum Gasteiger partial charge on any atom is -0.361 e. The summed E-state index contributed by atoms with van der Waals surface area (Å²) in [6.45, 7) is 5.60. The van der Waals surface area contributed by atoms with Crippen molar-refractivity contribution in [1.82, 2.24) is 10.1 Å². The van der Waals surface area contributed by atoms with Gasteiger partial charge in [-0.3, -0.25) is 4.79 Å². The molecule has 0 radical (unpaired) electrons. The summed E-state index contributed by atoms with van der Waals surface area (Å²) in [5, 5.41) is 3.94. The average Bonchev–Trinajstić information content (AvgIpc) is 2.91. The Morgan fingerprint density at radius 1 is 1.24 bits per heavy atom. The summed E-state index contributed by atoms with van der Waals surface area (Å²) >= 11 is 1.59. The van der Waals surface area contributed by atoms with Crippen LogP contribution in [-0.4, -0.2) is 41.4 Å². The molecule has 1 heterocycles. The van der Waals surface area contributed by atoms with Crippen molar-refractivity contribution < 1.29 is 9.32 Å². The van der Waals surface area contributed by atoms with E-state index in [-0.39, 0.29) is 18.3 Å². The predicted molar refractivity (Wildman–Crippen MR) is 105 cm³/mol. The molecule has 0 saturated carbocycles. The lowest BCUT2D eigenvalue weighted by molar-refractivity contribution is -0.128. The molecule has 5 nitrogen and oxygen atoms in total. The highest BCUT2D eigenvalue weighted by Gasteiger charge is 2.14. The third-order valence-electron chi connectivity index (χ3n) is 3.92. The van der Waals surface area contributed by atoms with Crippen LogP contribution in [0.3, 0.4) is 0 Å². The number of aryl methyl sites for hydroxylation is 2. The first-order valence-electron chi connectivity index (χ1n) is 8.13. The van der Waals surface area contributed by atoms with Crippen molar-refractivity contribution in [2.75, 3.05) is 25.4 Å². The molecule has 0 unspecified atom stereocenters. The van der Waals surface area contributed by atoms with Gasteiger partial charge in [-0.1, -0.05) is 35.5 Å². The maximum absolute atomic E-state index is 12.5. The fourth-order valence-electron chi connectivity index (χ4n) is 2.47. The first-order chi connectivity index (χ1) is 11.6. The summed E-state index contributed by atoms with van der Waals surface area (Å²) in [6.07, 6.45) is 0.848. The maximum atomic E-state index is 12.5. The Morgan fingerprint density at radius 3 is 2.56 bits per heavy atom. The number of aromatic nitrogens is 1. The molecule has 0 saturated heterocycles. The number of carbonyl (C=O) groups excluding carboxylic acids is 1. The molecule has 0 aliphatic rings.